The van der Waals surface area contributed by atoms with E-state index in [4.69, 9.17) is 9.72 Å². The van der Waals surface area contributed by atoms with Crippen LogP contribution in [0.25, 0.3) is 21.0 Å². The van der Waals surface area contributed by atoms with Gasteiger partial charge < -0.3 is 9.64 Å². The van der Waals surface area contributed by atoms with Gasteiger partial charge in [-0.1, -0.05) is 54.6 Å². The summed E-state index contributed by atoms with van der Waals surface area (Å²) in [6, 6.07) is 23.5. The van der Waals surface area contributed by atoms with Crippen molar-refractivity contribution >= 4 is 62.8 Å². The fraction of sp³-hybridized carbons (Fsp3) is 0.353. The molecule has 5 aromatic rings. The first-order valence-electron chi connectivity index (χ1n) is 15.0. The molecule has 7 nitrogen and oxygen atoms in total. The van der Waals surface area contributed by atoms with E-state index in [1.54, 1.807) is 24.8 Å². The van der Waals surface area contributed by atoms with E-state index in [1.807, 2.05) is 16.7 Å². The SMILES string of the molecule is COc1ccccc1N1CCN(CCn2cnc3sc4c(c3c2=O)CCN(CCc2cccc3ccccc23)C4)CC1.Cl.Cl. The second-order valence-corrected chi connectivity index (χ2v) is 12.4. The van der Waals surface area contributed by atoms with Crippen LogP contribution in [-0.4, -0.2) is 72.3 Å². The molecule has 2 aliphatic heterocycles. The van der Waals surface area contributed by atoms with Crippen LogP contribution in [0.2, 0.25) is 0 Å². The van der Waals surface area contributed by atoms with Gasteiger partial charge in [0.1, 0.15) is 10.6 Å². The Balaban J connectivity index is 0.00000192. The van der Waals surface area contributed by atoms with Crippen molar-refractivity contribution in [3.05, 3.63) is 99.4 Å². The molecule has 1 saturated heterocycles. The van der Waals surface area contributed by atoms with Crippen molar-refractivity contribution in [2.45, 2.75) is 25.9 Å². The number of methoxy groups -OCH3 is 1. The van der Waals surface area contributed by atoms with E-state index in [0.29, 0.717) is 6.54 Å². The smallest absolute Gasteiger partial charge is 0.262 e. The molecule has 0 spiro atoms. The summed E-state index contributed by atoms with van der Waals surface area (Å²) in [4.78, 5) is 28.0. The van der Waals surface area contributed by atoms with Crippen molar-refractivity contribution in [2.24, 2.45) is 0 Å². The van der Waals surface area contributed by atoms with Gasteiger partial charge in [0.25, 0.3) is 5.56 Å². The van der Waals surface area contributed by atoms with Gasteiger partial charge in [0.2, 0.25) is 0 Å². The Morgan fingerprint density at radius 2 is 1.61 bits per heavy atom. The monoisotopic (exact) mass is 651 g/mol. The molecule has 0 N–H and O–H groups in total. The van der Waals surface area contributed by atoms with Gasteiger partial charge in [0.15, 0.2) is 0 Å². The molecule has 0 aliphatic carbocycles. The minimum Gasteiger partial charge on any atom is -0.495 e. The fourth-order valence-electron chi connectivity index (χ4n) is 6.56. The standard InChI is InChI=1S/C34H37N5O2S.2ClH/c1-41-30-12-5-4-11-29(30)38-20-17-36(18-21-38)19-22-39-24-35-33-32(34(39)40)28-14-16-37(23-31(28)42-33)15-13-26-9-6-8-25-7-2-3-10-27(25)26;;/h2-12,24H,13-23H2,1H3;2*1H. The predicted molar refractivity (Wildman–Crippen MR) is 187 cm³/mol. The number of thiophene rings is 1. The van der Waals surface area contributed by atoms with Crippen LogP contribution in [0.15, 0.2) is 77.9 Å². The molecule has 4 heterocycles. The lowest BCUT2D eigenvalue weighted by Gasteiger charge is -2.36. The highest BCUT2D eigenvalue weighted by Crippen LogP contribution is 2.33. The molecule has 0 amide bonds. The second kappa shape index (κ2) is 14.3. The largest absolute Gasteiger partial charge is 0.495 e. The van der Waals surface area contributed by atoms with E-state index in [0.717, 1.165) is 86.9 Å². The van der Waals surface area contributed by atoms with Crippen molar-refractivity contribution in [3.63, 3.8) is 0 Å². The van der Waals surface area contributed by atoms with E-state index in [-0.39, 0.29) is 30.4 Å². The molecule has 3 aromatic carbocycles. The second-order valence-electron chi connectivity index (χ2n) is 11.3. The van der Waals surface area contributed by atoms with E-state index in [9.17, 15) is 4.79 Å². The molecule has 44 heavy (non-hydrogen) atoms. The number of ether oxygens (including phenoxy) is 1. The number of rotatable bonds is 8. The fourth-order valence-corrected chi connectivity index (χ4v) is 7.78. The van der Waals surface area contributed by atoms with Crippen LogP contribution in [0.4, 0.5) is 5.69 Å². The molecule has 10 heteroatoms. The van der Waals surface area contributed by atoms with Gasteiger partial charge in [-0.3, -0.25) is 19.2 Å². The highest BCUT2D eigenvalue weighted by molar-refractivity contribution is 7.18. The number of hydrogen-bond donors (Lipinski definition) is 0. The van der Waals surface area contributed by atoms with E-state index < -0.39 is 0 Å². The normalized spacial score (nSPS) is 15.5. The average Bonchev–Trinajstić information content (AvgIpc) is 3.42. The maximum absolute atomic E-state index is 13.6. The summed E-state index contributed by atoms with van der Waals surface area (Å²) in [6.07, 6.45) is 3.70. The number of benzene rings is 3. The molecular formula is C34H39Cl2N5O2S. The summed E-state index contributed by atoms with van der Waals surface area (Å²) in [7, 11) is 1.73. The van der Waals surface area contributed by atoms with Crippen molar-refractivity contribution in [1.82, 2.24) is 19.4 Å². The molecule has 0 atom stereocenters. The molecule has 0 unspecified atom stereocenters. The molecule has 2 aromatic heterocycles. The van der Waals surface area contributed by atoms with Crippen LogP contribution in [0, 0.1) is 0 Å². The number of hydrogen-bond acceptors (Lipinski definition) is 7. The minimum absolute atomic E-state index is 0. The van der Waals surface area contributed by atoms with Crippen molar-refractivity contribution in [2.75, 3.05) is 57.8 Å². The van der Waals surface area contributed by atoms with Gasteiger partial charge in [0.05, 0.1) is 24.5 Å². The molecule has 7 rings (SSSR count). The molecule has 1 fully saturated rings. The quantitative estimate of drug-likeness (QED) is 0.209. The maximum Gasteiger partial charge on any atom is 0.262 e. The Labute approximate surface area is 274 Å². The summed E-state index contributed by atoms with van der Waals surface area (Å²) < 4.78 is 7.39. The summed E-state index contributed by atoms with van der Waals surface area (Å²) >= 11 is 1.71. The van der Waals surface area contributed by atoms with Crippen LogP contribution in [0.5, 0.6) is 5.75 Å². The van der Waals surface area contributed by atoms with Crippen LogP contribution in [-0.2, 0) is 25.9 Å². The zero-order chi connectivity index (χ0) is 28.5. The van der Waals surface area contributed by atoms with Crippen molar-refractivity contribution < 1.29 is 4.74 Å². The predicted octanol–water partition coefficient (Wildman–Crippen LogP) is 5.89. The van der Waals surface area contributed by atoms with Crippen LogP contribution in [0.3, 0.4) is 0 Å². The Hall–Kier alpha value is -3.14. The number of para-hydroxylation sites is 2. The number of halogens is 2. The van der Waals surface area contributed by atoms with Gasteiger partial charge in [-0.25, -0.2) is 4.98 Å². The summed E-state index contributed by atoms with van der Waals surface area (Å²) in [5.41, 5.74) is 3.91. The number of piperazine rings is 1. The van der Waals surface area contributed by atoms with Gasteiger partial charge in [0, 0.05) is 63.8 Å². The molecule has 0 saturated carbocycles. The number of fused-ring (bicyclic) bond motifs is 4. The summed E-state index contributed by atoms with van der Waals surface area (Å²) in [6.45, 7) is 8.23. The van der Waals surface area contributed by atoms with E-state index in [1.165, 1.54) is 26.8 Å². The first-order chi connectivity index (χ1) is 20.7. The van der Waals surface area contributed by atoms with Crippen LogP contribution >= 0.6 is 36.2 Å². The number of anilines is 1. The van der Waals surface area contributed by atoms with E-state index in [2.05, 4.69) is 69.3 Å². The Morgan fingerprint density at radius 3 is 2.45 bits per heavy atom. The molecule has 0 radical (unpaired) electrons. The highest BCUT2D eigenvalue weighted by Gasteiger charge is 2.24. The van der Waals surface area contributed by atoms with Crippen LogP contribution < -0.4 is 15.2 Å². The Bertz CT molecular complexity index is 1780. The maximum atomic E-state index is 13.6. The van der Waals surface area contributed by atoms with Gasteiger partial charge >= 0.3 is 0 Å². The molecule has 0 bridgehead atoms. The summed E-state index contributed by atoms with van der Waals surface area (Å²) in [5.74, 6) is 0.920. The van der Waals surface area contributed by atoms with Gasteiger partial charge in [-0.2, -0.15) is 0 Å². The van der Waals surface area contributed by atoms with Gasteiger partial charge in [-0.05, 0) is 46.9 Å². The minimum atomic E-state index is 0. The third kappa shape index (κ3) is 6.46. The van der Waals surface area contributed by atoms with Crippen LogP contribution in [0.1, 0.15) is 16.0 Å². The first-order valence-corrected chi connectivity index (χ1v) is 15.8. The average molecular weight is 653 g/mol. The van der Waals surface area contributed by atoms with Crippen molar-refractivity contribution in [1.29, 1.82) is 0 Å². The topological polar surface area (TPSA) is 53.8 Å². The van der Waals surface area contributed by atoms with E-state index >= 15 is 0 Å². The third-order valence-corrected chi connectivity index (χ3v) is 10.1. The zero-order valence-electron chi connectivity index (χ0n) is 25.0. The zero-order valence-corrected chi connectivity index (χ0v) is 27.4. The lowest BCUT2D eigenvalue weighted by molar-refractivity contribution is 0.246. The lowest BCUT2D eigenvalue weighted by atomic mass is 10.0. The summed E-state index contributed by atoms with van der Waals surface area (Å²) in [5, 5.41) is 3.51. The number of aromatic nitrogens is 2. The molecular weight excluding hydrogens is 613 g/mol. The van der Waals surface area contributed by atoms with Crippen molar-refractivity contribution in [3.8, 4) is 5.75 Å². The molecule has 232 valence electrons. The number of nitrogens with zero attached hydrogens (tertiary/aromatic N) is 5. The Morgan fingerprint density at radius 1 is 0.841 bits per heavy atom. The Kier molecular flexibility index (Phi) is 10.5. The van der Waals surface area contributed by atoms with Gasteiger partial charge in [-0.15, -0.1) is 36.2 Å². The first kappa shape index (κ1) is 32.3. The molecule has 2 aliphatic rings. The highest BCUT2D eigenvalue weighted by atomic mass is 35.5. The third-order valence-electron chi connectivity index (χ3n) is 8.94. The lowest BCUT2D eigenvalue weighted by Crippen LogP contribution is -2.47.